The van der Waals surface area contributed by atoms with E-state index in [0.717, 1.165) is 4.70 Å². The predicted octanol–water partition coefficient (Wildman–Crippen LogP) is 2.79. The summed E-state index contributed by atoms with van der Waals surface area (Å²) >= 11 is 1.20. The standard InChI is InChI=1S/C15H10N4O6S/c20-13(12-6-8-5-9(19(21)22)1-2-11(8)26-12)16-15-18-17-14(25-15)10-7-23-3-4-24-10/h1-2,5-7H,3-4H2,(H,16,18,20). The fourth-order valence-corrected chi connectivity index (χ4v) is 3.21. The molecule has 132 valence electrons. The van der Waals surface area contributed by atoms with Crippen LogP contribution in [0.15, 0.2) is 34.9 Å². The molecular formula is C15H10N4O6S. The third kappa shape index (κ3) is 3.07. The molecule has 0 spiro atoms. The second-order valence-electron chi connectivity index (χ2n) is 5.16. The number of amides is 1. The van der Waals surface area contributed by atoms with Gasteiger partial charge in [0.25, 0.3) is 17.5 Å². The molecule has 4 rings (SSSR count). The number of anilines is 1. The van der Waals surface area contributed by atoms with Crippen molar-refractivity contribution in [3.8, 4) is 0 Å². The molecule has 1 aromatic carbocycles. The van der Waals surface area contributed by atoms with E-state index in [9.17, 15) is 14.9 Å². The molecule has 0 bridgehead atoms. The number of nitro groups is 1. The first kappa shape index (κ1) is 16.0. The number of rotatable bonds is 4. The highest BCUT2D eigenvalue weighted by Gasteiger charge is 2.19. The number of thiophene rings is 1. The molecule has 11 heteroatoms. The normalized spacial score (nSPS) is 13.6. The van der Waals surface area contributed by atoms with Gasteiger partial charge in [-0.1, -0.05) is 5.10 Å². The molecule has 0 unspecified atom stereocenters. The van der Waals surface area contributed by atoms with Crippen molar-refractivity contribution >= 4 is 44.8 Å². The van der Waals surface area contributed by atoms with Crippen molar-refractivity contribution in [3.05, 3.63) is 51.4 Å². The summed E-state index contributed by atoms with van der Waals surface area (Å²) in [7, 11) is 0. The lowest BCUT2D eigenvalue weighted by atomic mass is 10.2. The Morgan fingerprint density at radius 1 is 1.27 bits per heavy atom. The Kier molecular flexibility index (Phi) is 3.97. The molecule has 0 saturated heterocycles. The molecule has 0 fully saturated rings. The highest BCUT2D eigenvalue weighted by molar-refractivity contribution is 7.20. The molecule has 1 aliphatic rings. The summed E-state index contributed by atoms with van der Waals surface area (Å²) in [4.78, 5) is 23.1. The van der Waals surface area contributed by atoms with Gasteiger partial charge in [-0.15, -0.1) is 16.4 Å². The van der Waals surface area contributed by atoms with Crippen LogP contribution in [0.1, 0.15) is 15.6 Å². The van der Waals surface area contributed by atoms with Crippen LogP contribution in [-0.2, 0) is 9.47 Å². The zero-order chi connectivity index (χ0) is 18.1. The molecule has 10 nitrogen and oxygen atoms in total. The van der Waals surface area contributed by atoms with Crippen molar-refractivity contribution < 1.29 is 23.6 Å². The van der Waals surface area contributed by atoms with Crippen molar-refractivity contribution in [2.75, 3.05) is 18.5 Å². The van der Waals surface area contributed by atoms with E-state index >= 15 is 0 Å². The van der Waals surface area contributed by atoms with Gasteiger partial charge in [-0.25, -0.2) is 0 Å². The van der Waals surface area contributed by atoms with Crippen LogP contribution in [0.5, 0.6) is 0 Å². The summed E-state index contributed by atoms with van der Waals surface area (Å²) in [6.45, 7) is 0.801. The number of non-ortho nitro benzene ring substituents is 1. The number of nitrogens with one attached hydrogen (secondary N) is 1. The van der Waals surface area contributed by atoms with E-state index in [1.807, 2.05) is 0 Å². The van der Waals surface area contributed by atoms with Crippen molar-refractivity contribution in [1.29, 1.82) is 0 Å². The van der Waals surface area contributed by atoms with E-state index in [4.69, 9.17) is 13.9 Å². The third-order valence-electron chi connectivity index (χ3n) is 3.44. The van der Waals surface area contributed by atoms with Crippen LogP contribution in [0.3, 0.4) is 0 Å². The van der Waals surface area contributed by atoms with Crippen LogP contribution >= 0.6 is 11.3 Å². The molecule has 3 heterocycles. The van der Waals surface area contributed by atoms with Gasteiger partial charge in [0.1, 0.15) is 19.5 Å². The van der Waals surface area contributed by atoms with Crippen LogP contribution in [0.25, 0.3) is 15.8 Å². The van der Waals surface area contributed by atoms with Gasteiger partial charge in [0.15, 0.2) is 0 Å². The van der Waals surface area contributed by atoms with E-state index in [1.165, 1.54) is 29.7 Å². The quantitative estimate of drug-likeness (QED) is 0.545. The van der Waals surface area contributed by atoms with E-state index < -0.39 is 10.8 Å². The first-order valence-corrected chi connectivity index (χ1v) is 8.19. The number of nitrogens with zero attached hydrogens (tertiary/aromatic N) is 3. The second-order valence-corrected chi connectivity index (χ2v) is 6.24. The molecule has 0 saturated carbocycles. The number of ether oxygens (including phenoxy) is 2. The van der Waals surface area contributed by atoms with Gasteiger partial charge in [0, 0.05) is 22.2 Å². The van der Waals surface area contributed by atoms with Crippen molar-refractivity contribution in [3.63, 3.8) is 0 Å². The number of aromatic nitrogens is 2. The van der Waals surface area contributed by atoms with Crippen molar-refractivity contribution in [2.24, 2.45) is 0 Å². The fraction of sp³-hybridized carbons (Fsp3) is 0.133. The zero-order valence-electron chi connectivity index (χ0n) is 13.0. The Morgan fingerprint density at radius 3 is 2.92 bits per heavy atom. The molecule has 1 N–H and O–H groups in total. The lowest BCUT2D eigenvalue weighted by Crippen LogP contribution is -2.10. The zero-order valence-corrected chi connectivity index (χ0v) is 13.8. The molecule has 1 amide bonds. The minimum atomic E-state index is -0.484. The van der Waals surface area contributed by atoms with Crippen LogP contribution in [0, 0.1) is 10.1 Å². The lowest BCUT2D eigenvalue weighted by molar-refractivity contribution is -0.384. The predicted molar refractivity (Wildman–Crippen MR) is 90.6 cm³/mol. The van der Waals surface area contributed by atoms with Crippen LogP contribution in [-0.4, -0.2) is 34.2 Å². The Hall–Kier alpha value is -3.47. The summed E-state index contributed by atoms with van der Waals surface area (Å²) in [5.41, 5.74) is -0.0354. The smallest absolute Gasteiger partial charge is 0.322 e. The number of benzene rings is 1. The Bertz CT molecular complexity index is 1040. The summed E-state index contributed by atoms with van der Waals surface area (Å²) in [5.74, 6) is -0.0794. The lowest BCUT2D eigenvalue weighted by Gasteiger charge is -2.11. The van der Waals surface area contributed by atoms with Crippen LogP contribution < -0.4 is 5.32 Å². The van der Waals surface area contributed by atoms with Gasteiger partial charge in [0.2, 0.25) is 5.76 Å². The summed E-state index contributed by atoms with van der Waals surface area (Å²) in [5, 5.41) is 21.5. The summed E-state index contributed by atoms with van der Waals surface area (Å²) < 4.78 is 16.5. The SMILES string of the molecule is O=C(Nc1nnc(C2=COCCO2)o1)c1cc2cc([N+](=O)[O-])ccc2s1. The van der Waals surface area contributed by atoms with Crippen LogP contribution in [0.2, 0.25) is 0 Å². The molecule has 26 heavy (non-hydrogen) atoms. The molecule has 0 atom stereocenters. The van der Waals surface area contributed by atoms with Crippen LogP contribution in [0.4, 0.5) is 11.7 Å². The maximum Gasteiger partial charge on any atom is 0.322 e. The first-order chi connectivity index (χ1) is 12.6. The van der Waals surface area contributed by atoms with E-state index in [-0.39, 0.29) is 17.6 Å². The average molecular weight is 374 g/mol. The van der Waals surface area contributed by atoms with Gasteiger partial charge in [-0.2, -0.15) is 0 Å². The summed E-state index contributed by atoms with van der Waals surface area (Å²) in [6.07, 6.45) is 1.36. The number of hydrogen-bond donors (Lipinski definition) is 1. The monoisotopic (exact) mass is 374 g/mol. The molecule has 0 radical (unpaired) electrons. The van der Waals surface area contributed by atoms with E-state index in [2.05, 4.69) is 15.5 Å². The first-order valence-electron chi connectivity index (χ1n) is 7.38. The summed E-state index contributed by atoms with van der Waals surface area (Å²) in [6, 6.07) is 5.89. The van der Waals surface area contributed by atoms with Crippen molar-refractivity contribution in [1.82, 2.24) is 10.2 Å². The number of carbonyl (C=O) groups is 1. The Morgan fingerprint density at radius 2 is 2.15 bits per heavy atom. The van der Waals surface area contributed by atoms with Gasteiger partial charge >= 0.3 is 6.01 Å². The highest BCUT2D eigenvalue weighted by Crippen LogP contribution is 2.29. The molecule has 3 aromatic rings. The largest absolute Gasteiger partial charge is 0.494 e. The fourth-order valence-electron chi connectivity index (χ4n) is 2.27. The van der Waals surface area contributed by atoms with Gasteiger partial charge in [0.05, 0.1) is 9.80 Å². The second kappa shape index (κ2) is 6.44. The van der Waals surface area contributed by atoms with Gasteiger partial charge in [-0.05, 0) is 12.1 Å². The molecule has 1 aliphatic heterocycles. The maximum absolute atomic E-state index is 12.4. The molecule has 2 aromatic heterocycles. The number of fused-ring (bicyclic) bond motifs is 1. The Balaban J connectivity index is 1.53. The molecule has 0 aliphatic carbocycles. The highest BCUT2D eigenvalue weighted by atomic mass is 32.1. The minimum absolute atomic E-state index is 0.0354. The van der Waals surface area contributed by atoms with Gasteiger partial charge < -0.3 is 13.9 Å². The number of carbonyl (C=O) groups excluding carboxylic acids is 1. The molecular weight excluding hydrogens is 364 g/mol. The van der Waals surface area contributed by atoms with E-state index in [1.54, 1.807) is 12.1 Å². The van der Waals surface area contributed by atoms with Gasteiger partial charge in [-0.3, -0.25) is 20.2 Å². The average Bonchev–Trinajstić information content (AvgIpc) is 3.28. The maximum atomic E-state index is 12.4. The number of hydrogen-bond acceptors (Lipinski definition) is 9. The van der Waals surface area contributed by atoms with E-state index in [0.29, 0.717) is 29.2 Å². The topological polar surface area (TPSA) is 130 Å². The Labute approximate surface area is 149 Å². The van der Waals surface area contributed by atoms with Crippen molar-refractivity contribution in [2.45, 2.75) is 0 Å². The number of nitro benzene ring substituents is 1. The third-order valence-corrected chi connectivity index (χ3v) is 4.55. The minimum Gasteiger partial charge on any atom is -0.494 e.